The van der Waals surface area contributed by atoms with Crippen LogP contribution in [0, 0.1) is 11.3 Å². The zero-order chi connectivity index (χ0) is 10.8. The van der Waals surface area contributed by atoms with Gasteiger partial charge in [0.05, 0.1) is 5.41 Å². The largest absolute Gasteiger partial charge is 0.359 e. The van der Waals surface area contributed by atoms with Gasteiger partial charge in [0.15, 0.2) is 0 Å². The van der Waals surface area contributed by atoms with Crippen molar-refractivity contribution in [1.29, 1.82) is 0 Å². The van der Waals surface area contributed by atoms with Crippen LogP contribution in [0.4, 0.5) is 0 Å². The topological polar surface area (TPSA) is 58.2 Å². The molecule has 0 heterocycles. The van der Waals surface area contributed by atoms with Crippen LogP contribution in [0.1, 0.15) is 26.7 Å². The molecule has 0 unspecified atom stereocenters. The number of nitrogens with one attached hydrogen (secondary N) is 2. The highest BCUT2D eigenvalue weighted by atomic mass is 16.2. The molecule has 80 valence electrons. The second-order valence-electron chi connectivity index (χ2n) is 4.46. The lowest BCUT2D eigenvalue weighted by atomic mass is 9.92. The van der Waals surface area contributed by atoms with E-state index in [1.54, 1.807) is 7.05 Å². The van der Waals surface area contributed by atoms with E-state index in [9.17, 15) is 9.59 Å². The summed E-state index contributed by atoms with van der Waals surface area (Å²) in [6.45, 7) is 4.04. The molecule has 0 saturated heterocycles. The number of amides is 2. The van der Waals surface area contributed by atoms with Gasteiger partial charge in [0.25, 0.3) is 0 Å². The van der Waals surface area contributed by atoms with Gasteiger partial charge >= 0.3 is 0 Å². The van der Waals surface area contributed by atoms with Crippen LogP contribution in [0.5, 0.6) is 0 Å². The Hall–Kier alpha value is -1.06. The highest BCUT2D eigenvalue weighted by molar-refractivity contribution is 5.84. The van der Waals surface area contributed by atoms with Crippen LogP contribution in [-0.4, -0.2) is 25.4 Å². The van der Waals surface area contributed by atoms with Gasteiger partial charge in [0, 0.05) is 19.5 Å². The van der Waals surface area contributed by atoms with Gasteiger partial charge in [-0.3, -0.25) is 9.59 Å². The standard InChI is InChI=1S/C10H18N2O2/c1-10(2,9(14)11-3)6-12-8(13)7-4-5-7/h7H,4-6H2,1-3H3,(H,11,14)(H,12,13). The summed E-state index contributed by atoms with van der Waals surface area (Å²) in [5.41, 5.74) is -0.528. The van der Waals surface area contributed by atoms with Gasteiger partial charge in [-0.15, -0.1) is 0 Å². The van der Waals surface area contributed by atoms with Crippen LogP contribution in [-0.2, 0) is 9.59 Å². The van der Waals surface area contributed by atoms with Crippen LogP contribution >= 0.6 is 0 Å². The maximum Gasteiger partial charge on any atom is 0.227 e. The van der Waals surface area contributed by atoms with E-state index in [2.05, 4.69) is 10.6 Å². The molecule has 1 saturated carbocycles. The number of carbonyl (C=O) groups is 2. The molecule has 4 nitrogen and oxygen atoms in total. The van der Waals surface area contributed by atoms with Crippen molar-refractivity contribution in [3.8, 4) is 0 Å². The minimum absolute atomic E-state index is 0.0476. The quantitative estimate of drug-likeness (QED) is 0.682. The van der Waals surface area contributed by atoms with Gasteiger partial charge in [0.2, 0.25) is 11.8 Å². The Kier molecular flexibility index (Phi) is 3.13. The third kappa shape index (κ3) is 2.72. The molecule has 0 aliphatic heterocycles. The highest BCUT2D eigenvalue weighted by Crippen LogP contribution is 2.29. The average molecular weight is 198 g/mol. The smallest absolute Gasteiger partial charge is 0.227 e. The molecule has 0 atom stereocenters. The fourth-order valence-corrected chi connectivity index (χ4v) is 1.22. The molecule has 0 aromatic heterocycles. The summed E-state index contributed by atoms with van der Waals surface area (Å²) in [6.07, 6.45) is 1.98. The Morgan fingerprint density at radius 3 is 2.36 bits per heavy atom. The summed E-state index contributed by atoms with van der Waals surface area (Å²) >= 11 is 0. The van der Waals surface area contributed by atoms with E-state index >= 15 is 0 Å². The summed E-state index contributed by atoms with van der Waals surface area (Å²) in [5, 5.41) is 5.38. The Morgan fingerprint density at radius 1 is 1.36 bits per heavy atom. The van der Waals surface area contributed by atoms with E-state index in [0.717, 1.165) is 12.8 Å². The third-order valence-corrected chi connectivity index (χ3v) is 2.49. The van der Waals surface area contributed by atoms with E-state index in [0.29, 0.717) is 6.54 Å². The SMILES string of the molecule is CNC(=O)C(C)(C)CNC(=O)C1CC1. The molecule has 2 N–H and O–H groups in total. The third-order valence-electron chi connectivity index (χ3n) is 2.49. The van der Waals surface area contributed by atoms with E-state index < -0.39 is 5.41 Å². The van der Waals surface area contributed by atoms with Crippen molar-refractivity contribution in [2.45, 2.75) is 26.7 Å². The lowest BCUT2D eigenvalue weighted by Crippen LogP contribution is -2.44. The van der Waals surface area contributed by atoms with Gasteiger partial charge in [-0.2, -0.15) is 0 Å². The van der Waals surface area contributed by atoms with Crippen molar-refractivity contribution in [3.63, 3.8) is 0 Å². The molecule has 1 aliphatic rings. The summed E-state index contributed by atoms with van der Waals surface area (Å²) in [7, 11) is 1.60. The summed E-state index contributed by atoms with van der Waals surface area (Å²) in [6, 6.07) is 0. The fraction of sp³-hybridized carbons (Fsp3) is 0.800. The molecular weight excluding hydrogens is 180 g/mol. The molecule has 1 aliphatic carbocycles. The van der Waals surface area contributed by atoms with E-state index in [-0.39, 0.29) is 17.7 Å². The second kappa shape index (κ2) is 3.98. The Bertz CT molecular complexity index is 245. The number of hydrogen-bond acceptors (Lipinski definition) is 2. The predicted molar refractivity (Wildman–Crippen MR) is 53.6 cm³/mol. The van der Waals surface area contributed by atoms with Gasteiger partial charge in [-0.05, 0) is 26.7 Å². The van der Waals surface area contributed by atoms with Crippen LogP contribution in [0.25, 0.3) is 0 Å². The van der Waals surface area contributed by atoms with E-state index in [1.165, 1.54) is 0 Å². The first-order valence-corrected chi connectivity index (χ1v) is 4.97. The van der Waals surface area contributed by atoms with E-state index in [4.69, 9.17) is 0 Å². The zero-order valence-corrected chi connectivity index (χ0v) is 9.02. The highest BCUT2D eigenvalue weighted by Gasteiger charge is 2.32. The van der Waals surface area contributed by atoms with Crippen molar-refractivity contribution < 1.29 is 9.59 Å². The van der Waals surface area contributed by atoms with Crippen LogP contribution in [0.3, 0.4) is 0 Å². The predicted octanol–water partition coefficient (Wildman–Crippen LogP) is 0.285. The average Bonchev–Trinajstić information content (AvgIpc) is 2.96. The summed E-state index contributed by atoms with van der Waals surface area (Å²) < 4.78 is 0. The molecular formula is C10H18N2O2. The molecule has 0 aromatic rings. The zero-order valence-electron chi connectivity index (χ0n) is 9.02. The fourth-order valence-electron chi connectivity index (χ4n) is 1.22. The molecule has 0 aromatic carbocycles. The first-order valence-electron chi connectivity index (χ1n) is 4.97. The minimum atomic E-state index is -0.528. The van der Waals surface area contributed by atoms with Gasteiger partial charge in [-0.1, -0.05) is 0 Å². The van der Waals surface area contributed by atoms with Crippen LogP contribution < -0.4 is 10.6 Å². The maximum atomic E-state index is 11.4. The van der Waals surface area contributed by atoms with Crippen LogP contribution in [0.2, 0.25) is 0 Å². The molecule has 14 heavy (non-hydrogen) atoms. The molecule has 0 radical (unpaired) electrons. The molecule has 0 spiro atoms. The minimum Gasteiger partial charge on any atom is -0.359 e. The molecule has 2 amide bonds. The first-order chi connectivity index (χ1) is 6.47. The Morgan fingerprint density at radius 2 is 1.93 bits per heavy atom. The van der Waals surface area contributed by atoms with Gasteiger partial charge < -0.3 is 10.6 Å². The lowest BCUT2D eigenvalue weighted by Gasteiger charge is -2.22. The lowest BCUT2D eigenvalue weighted by molar-refractivity contribution is -0.129. The molecule has 1 fully saturated rings. The Balaban J connectivity index is 2.34. The number of hydrogen-bond donors (Lipinski definition) is 2. The van der Waals surface area contributed by atoms with Crippen molar-refractivity contribution in [2.75, 3.05) is 13.6 Å². The summed E-state index contributed by atoms with van der Waals surface area (Å²) in [5.74, 6) is 0.242. The van der Waals surface area contributed by atoms with Crippen molar-refractivity contribution in [2.24, 2.45) is 11.3 Å². The molecule has 0 bridgehead atoms. The normalized spacial score (nSPS) is 16.2. The second-order valence-corrected chi connectivity index (χ2v) is 4.46. The number of carbonyl (C=O) groups excluding carboxylic acids is 2. The van der Waals surface area contributed by atoms with Gasteiger partial charge in [-0.25, -0.2) is 0 Å². The Labute approximate surface area is 84.4 Å². The monoisotopic (exact) mass is 198 g/mol. The number of rotatable bonds is 4. The summed E-state index contributed by atoms with van der Waals surface area (Å²) in [4.78, 5) is 22.7. The molecule has 1 rings (SSSR count). The van der Waals surface area contributed by atoms with Crippen molar-refractivity contribution in [3.05, 3.63) is 0 Å². The van der Waals surface area contributed by atoms with E-state index in [1.807, 2.05) is 13.8 Å². The molecule has 4 heteroatoms. The van der Waals surface area contributed by atoms with Gasteiger partial charge in [0.1, 0.15) is 0 Å². The van der Waals surface area contributed by atoms with Crippen molar-refractivity contribution in [1.82, 2.24) is 10.6 Å². The first kappa shape index (κ1) is 11.0. The maximum absolute atomic E-state index is 11.4. The van der Waals surface area contributed by atoms with Crippen LogP contribution in [0.15, 0.2) is 0 Å². The van der Waals surface area contributed by atoms with Crippen molar-refractivity contribution >= 4 is 11.8 Å².